The average Bonchev–Trinajstić information content (AvgIpc) is 3.14. The molecule has 302 valence electrons. The average molecular weight is 736 g/mol. The molecule has 1 rings (SSSR count). The molecule has 0 aromatic heterocycles. The molecule has 9 nitrogen and oxygen atoms in total. The SMILES string of the molecule is CC/C=C\C/C=C\C/C=C\C/C=C\CCC(=O)NC(COC1OC(CO)C(O)C(O)C1O)C(O)CCCCCCCCCCCCCCCCCC. The summed E-state index contributed by atoms with van der Waals surface area (Å²) in [5.74, 6) is -0.226. The highest BCUT2D eigenvalue weighted by Crippen LogP contribution is 2.23. The first-order chi connectivity index (χ1) is 25.3. The van der Waals surface area contributed by atoms with Crippen LogP contribution < -0.4 is 5.32 Å². The molecule has 52 heavy (non-hydrogen) atoms. The van der Waals surface area contributed by atoms with E-state index in [0.717, 1.165) is 44.9 Å². The number of nitrogens with one attached hydrogen (secondary N) is 1. The summed E-state index contributed by atoms with van der Waals surface area (Å²) in [6.45, 7) is 3.65. The maximum Gasteiger partial charge on any atom is 0.220 e. The molecule has 9 heteroatoms. The Balaban J connectivity index is 2.43. The van der Waals surface area contributed by atoms with Crippen LogP contribution in [0.3, 0.4) is 0 Å². The summed E-state index contributed by atoms with van der Waals surface area (Å²) in [6.07, 6.45) is 34.2. The van der Waals surface area contributed by atoms with E-state index in [2.05, 4.69) is 55.6 Å². The standard InChI is InChI=1S/C43H77NO8/c1-3-5-7-9-11-13-15-17-18-19-21-22-24-26-28-30-32-37(46)36(35-51-43-42(50)41(49)40(48)38(34-45)52-43)44-39(47)33-31-29-27-25-23-20-16-14-12-10-8-6-4-2/h6,8,12,14,20,23,27,29,36-38,40-43,45-46,48-50H,3-5,7,9-11,13,15-19,21-22,24-26,28,30-35H2,1-2H3,(H,44,47)/b8-6-,14-12-,23-20-,29-27-. The third-order valence-electron chi connectivity index (χ3n) is 9.71. The van der Waals surface area contributed by atoms with Crippen molar-refractivity contribution in [2.45, 2.75) is 204 Å². The van der Waals surface area contributed by atoms with E-state index in [1.165, 1.54) is 83.5 Å². The van der Waals surface area contributed by atoms with E-state index in [-0.39, 0.29) is 18.9 Å². The van der Waals surface area contributed by atoms with E-state index < -0.39 is 49.5 Å². The van der Waals surface area contributed by atoms with Crippen molar-refractivity contribution >= 4 is 5.91 Å². The Bertz CT molecular complexity index is 951. The molecule has 7 unspecified atom stereocenters. The van der Waals surface area contributed by atoms with E-state index in [9.17, 15) is 30.3 Å². The Morgan fingerprint density at radius 1 is 0.673 bits per heavy atom. The number of carbonyl (C=O) groups is 1. The van der Waals surface area contributed by atoms with Crippen molar-refractivity contribution in [2.75, 3.05) is 13.2 Å². The third kappa shape index (κ3) is 24.5. The van der Waals surface area contributed by atoms with Gasteiger partial charge in [0.2, 0.25) is 5.91 Å². The van der Waals surface area contributed by atoms with Gasteiger partial charge < -0.3 is 40.3 Å². The van der Waals surface area contributed by atoms with E-state index >= 15 is 0 Å². The monoisotopic (exact) mass is 736 g/mol. The molecule has 1 fully saturated rings. The van der Waals surface area contributed by atoms with Gasteiger partial charge >= 0.3 is 0 Å². The van der Waals surface area contributed by atoms with E-state index in [1.807, 2.05) is 12.2 Å². The summed E-state index contributed by atoms with van der Waals surface area (Å²) in [4.78, 5) is 12.9. The maximum absolute atomic E-state index is 12.9. The molecule has 1 aliphatic rings. The van der Waals surface area contributed by atoms with Gasteiger partial charge in [0.15, 0.2) is 6.29 Å². The molecule has 0 aliphatic carbocycles. The van der Waals surface area contributed by atoms with Crippen LogP contribution in [0.1, 0.15) is 162 Å². The lowest BCUT2D eigenvalue weighted by Crippen LogP contribution is -2.60. The number of rotatable bonds is 33. The van der Waals surface area contributed by atoms with Gasteiger partial charge in [-0.05, 0) is 38.5 Å². The molecule has 0 spiro atoms. The van der Waals surface area contributed by atoms with E-state index in [1.54, 1.807) is 0 Å². The first kappa shape index (κ1) is 48.2. The molecular weight excluding hydrogens is 658 g/mol. The number of hydrogen-bond acceptors (Lipinski definition) is 8. The molecule has 0 aromatic carbocycles. The summed E-state index contributed by atoms with van der Waals surface area (Å²) in [7, 11) is 0. The number of carbonyl (C=O) groups excluding carboxylic acids is 1. The Morgan fingerprint density at radius 2 is 1.15 bits per heavy atom. The van der Waals surface area contributed by atoms with Crippen molar-refractivity contribution in [3.8, 4) is 0 Å². The second-order valence-corrected chi connectivity index (χ2v) is 14.4. The molecule has 0 saturated carbocycles. The van der Waals surface area contributed by atoms with Crippen LogP contribution in [-0.4, -0.2) is 87.5 Å². The van der Waals surface area contributed by atoms with Gasteiger partial charge in [-0.2, -0.15) is 0 Å². The number of amides is 1. The van der Waals surface area contributed by atoms with Crippen LogP contribution in [0.4, 0.5) is 0 Å². The quantitative estimate of drug-likeness (QED) is 0.0295. The minimum atomic E-state index is -1.56. The molecular formula is C43H77NO8. The Labute approximate surface area is 316 Å². The number of aliphatic hydroxyl groups excluding tert-OH is 5. The van der Waals surface area contributed by atoms with Gasteiger partial charge in [0.1, 0.15) is 24.4 Å². The molecule has 1 heterocycles. The van der Waals surface area contributed by atoms with Crippen molar-refractivity contribution < 1.29 is 39.8 Å². The van der Waals surface area contributed by atoms with Crippen molar-refractivity contribution in [2.24, 2.45) is 0 Å². The number of ether oxygens (including phenoxy) is 2. The lowest BCUT2D eigenvalue weighted by Gasteiger charge is -2.40. The molecule has 0 bridgehead atoms. The fourth-order valence-electron chi connectivity index (χ4n) is 6.35. The Hall–Kier alpha value is -1.85. The molecule has 7 atom stereocenters. The van der Waals surface area contributed by atoms with Crippen LogP contribution in [0, 0.1) is 0 Å². The van der Waals surface area contributed by atoms with Crippen LogP contribution in [0.25, 0.3) is 0 Å². The summed E-state index contributed by atoms with van der Waals surface area (Å²) < 4.78 is 11.2. The number of aliphatic hydroxyl groups is 5. The first-order valence-electron chi connectivity index (χ1n) is 20.8. The zero-order chi connectivity index (χ0) is 38.1. The van der Waals surface area contributed by atoms with Crippen LogP contribution in [0.2, 0.25) is 0 Å². The summed E-state index contributed by atoms with van der Waals surface area (Å²) in [5.41, 5.74) is 0. The zero-order valence-corrected chi connectivity index (χ0v) is 32.8. The predicted octanol–water partition coefficient (Wildman–Crippen LogP) is 7.89. The van der Waals surface area contributed by atoms with E-state index in [0.29, 0.717) is 12.8 Å². The minimum Gasteiger partial charge on any atom is -0.394 e. The molecule has 6 N–H and O–H groups in total. The van der Waals surface area contributed by atoms with Crippen LogP contribution in [0.15, 0.2) is 48.6 Å². The van der Waals surface area contributed by atoms with Gasteiger partial charge in [0.25, 0.3) is 0 Å². The van der Waals surface area contributed by atoms with Gasteiger partial charge in [-0.15, -0.1) is 0 Å². The van der Waals surface area contributed by atoms with Crippen LogP contribution in [-0.2, 0) is 14.3 Å². The number of unbranched alkanes of at least 4 members (excludes halogenated alkanes) is 15. The fraction of sp³-hybridized carbons (Fsp3) is 0.791. The third-order valence-corrected chi connectivity index (χ3v) is 9.71. The van der Waals surface area contributed by atoms with Gasteiger partial charge in [-0.25, -0.2) is 0 Å². The van der Waals surface area contributed by atoms with Gasteiger partial charge in [0, 0.05) is 6.42 Å². The molecule has 0 aromatic rings. The lowest BCUT2D eigenvalue weighted by molar-refractivity contribution is -0.302. The summed E-state index contributed by atoms with van der Waals surface area (Å²) >= 11 is 0. The van der Waals surface area contributed by atoms with Gasteiger partial charge in [0.05, 0.1) is 25.4 Å². The minimum absolute atomic E-state index is 0.168. The van der Waals surface area contributed by atoms with Crippen molar-refractivity contribution in [3.63, 3.8) is 0 Å². The first-order valence-corrected chi connectivity index (χ1v) is 20.8. The smallest absolute Gasteiger partial charge is 0.220 e. The fourth-order valence-corrected chi connectivity index (χ4v) is 6.35. The molecule has 1 amide bonds. The number of hydrogen-bond donors (Lipinski definition) is 6. The molecule has 0 radical (unpaired) electrons. The van der Waals surface area contributed by atoms with E-state index in [4.69, 9.17) is 9.47 Å². The van der Waals surface area contributed by atoms with Crippen molar-refractivity contribution in [1.82, 2.24) is 5.32 Å². The topological polar surface area (TPSA) is 149 Å². The Morgan fingerprint density at radius 3 is 1.65 bits per heavy atom. The molecule has 1 saturated heterocycles. The maximum atomic E-state index is 12.9. The lowest BCUT2D eigenvalue weighted by atomic mass is 9.99. The zero-order valence-electron chi connectivity index (χ0n) is 32.8. The van der Waals surface area contributed by atoms with Crippen molar-refractivity contribution in [1.29, 1.82) is 0 Å². The highest BCUT2D eigenvalue weighted by atomic mass is 16.7. The molecule has 1 aliphatic heterocycles. The second kappa shape index (κ2) is 33.7. The highest BCUT2D eigenvalue weighted by molar-refractivity contribution is 5.76. The predicted molar refractivity (Wildman–Crippen MR) is 212 cm³/mol. The van der Waals surface area contributed by atoms with Gasteiger partial charge in [-0.1, -0.05) is 165 Å². The largest absolute Gasteiger partial charge is 0.394 e. The van der Waals surface area contributed by atoms with Crippen LogP contribution >= 0.6 is 0 Å². The van der Waals surface area contributed by atoms with Gasteiger partial charge in [-0.3, -0.25) is 4.79 Å². The number of allylic oxidation sites excluding steroid dienone is 8. The summed E-state index contributed by atoms with van der Waals surface area (Å²) in [6, 6.07) is -0.756. The van der Waals surface area contributed by atoms with Crippen molar-refractivity contribution in [3.05, 3.63) is 48.6 Å². The highest BCUT2D eigenvalue weighted by Gasteiger charge is 2.44. The van der Waals surface area contributed by atoms with Crippen LogP contribution in [0.5, 0.6) is 0 Å². The normalized spacial score (nSPS) is 22.3. The summed E-state index contributed by atoms with van der Waals surface area (Å²) in [5, 5.41) is 54.1. The second-order valence-electron chi connectivity index (χ2n) is 14.4. The Kier molecular flexibility index (Phi) is 31.2.